The minimum atomic E-state index is 0.481. The van der Waals surface area contributed by atoms with Crippen LogP contribution in [0.1, 0.15) is 30.5 Å². The van der Waals surface area contributed by atoms with E-state index in [0.29, 0.717) is 6.04 Å². The summed E-state index contributed by atoms with van der Waals surface area (Å²) in [7, 11) is 0. The van der Waals surface area contributed by atoms with E-state index in [2.05, 4.69) is 79.3 Å². The second-order valence-electron chi connectivity index (χ2n) is 5.67. The summed E-state index contributed by atoms with van der Waals surface area (Å²) < 4.78 is 7.01. The normalized spacial score (nSPS) is 11.0. The average Bonchev–Trinajstić information content (AvgIpc) is 2.43. The first kappa shape index (κ1) is 16.1. The molecule has 0 radical (unpaired) electrons. The second-order valence-corrected chi connectivity index (χ2v) is 6.53. The van der Waals surface area contributed by atoms with Gasteiger partial charge in [0, 0.05) is 12.6 Å². The number of halogens is 1. The van der Waals surface area contributed by atoms with E-state index in [0.717, 1.165) is 28.1 Å². The van der Waals surface area contributed by atoms with Gasteiger partial charge in [0.15, 0.2) is 0 Å². The average molecular weight is 348 g/mol. The predicted octanol–water partition coefficient (Wildman–Crippen LogP) is 5.36. The Kier molecular flexibility index (Phi) is 5.43. The Morgan fingerprint density at radius 2 is 1.81 bits per heavy atom. The molecule has 2 nitrogen and oxygen atoms in total. The molecule has 2 rings (SSSR count). The fourth-order valence-corrected chi connectivity index (χ4v) is 2.50. The van der Waals surface area contributed by atoms with Crippen LogP contribution < -0.4 is 10.1 Å². The molecule has 21 heavy (non-hydrogen) atoms. The lowest BCUT2D eigenvalue weighted by molar-refractivity contribution is 0.475. The summed E-state index contributed by atoms with van der Waals surface area (Å²) in [5, 5.41) is 3.41. The lowest BCUT2D eigenvalue weighted by atomic mass is 10.1. The van der Waals surface area contributed by atoms with E-state index >= 15 is 0 Å². The van der Waals surface area contributed by atoms with Gasteiger partial charge in [-0.05, 0) is 64.7 Å². The van der Waals surface area contributed by atoms with Gasteiger partial charge in [-0.2, -0.15) is 0 Å². The fraction of sp³-hybridized carbons (Fsp3) is 0.333. The summed E-state index contributed by atoms with van der Waals surface area (Å²) >= 11 is 3.60. The number of rotatable bonds is 5. The van der Waals surface area contributed by atoms with Gasteiger partial charge in [0.25, 0.3) is 0 Å². The molecule has 0 aromatic heterocycles. The van der Waals surface area contributed by atoms with Crippen LogP contribution in [0.25, 0.3) is 0 Å². The summed E-state index contributed by atoms with van der Waals surface area (Å²) in [6, 6.07) is 12.9. The third kappa shape index (κ3) is 4.58. The van der Waals surface area contributed by atoms with E-state index in [9.17, 15) is 0 Å². The van der Waals surface area contributed by atoms with E-state index in [1.54, 1.807) is 0 Å². The highest BCUT2D eigenvalue weighted by molar-refractivity contribution is 9.10. The van der Waals surface area contributed by atoms with Crippen LogP contribution >= 0.6 is 15.9 Å². The molecule has 0 saturated carbocycles. The Balaban J connectivity index is 2.15. The zero-order chi connectivity index (χ0) is 15.4. The van der Waals surface area contributed by atoms with Crippen molar-refractivity contribution in [3.63, 3.8) is 0 Å². The minimum Gasteiger partial charge on any atom is -0.456 e. The summed E-state index contributed by atoms with van der Waals surface area (Å²) in [4.78, 5) is 0. The SMILES string of the molecule is Cc1ccc(C)c(Oc2ccc(CNC(C)C)cc2Br)c1. The van der Waals surface area contributed by atoms with Crippen LogP contribution in [0.15, 0.2) is 40.9 Å². The van der Waals surface area contributed by atoms with Crippen LogP contribution in [0, 0.1) is 13.8 Å². The van der Waals surface area contributed by atoms with Crippen LogP contribution in [0.5, 0.6) is 11.5 Å². The zero-order valence-corrected chi connectivity index (χ0v) is 14.6. The summed E-state index contributed by atoms with van der Waals surface area (Å²) in [5.74, 6) is 1.75. The molecule has 2 aromatic carbocycles. The molecule has 0 aliphatic heterocycles. The second kappa shape index (κ2) is 7.10. The highest BCUT2D eigenvalue weighted by Crippen LogP contribution is 2.32. The molecular weight excluding hydrogens is 326 g/mol. The molecule has 0 amide bonds. The molecule has 2 aromatic rings. The van der Waals surface area contributed by atoms with Crippen molar-refractivity contribution in [3.8, 4) is 11.5 Å². The van der Waals surface area contributed by atoms with Crippen molar-refractivity contribution < 1.29 is 4.74 Å². The molecule has 112 valence electrons. The molecule has 0 atom stereocenters. The summed E-state index contributed by atoms with van der Waals surface area (Å²) in [5.41, 5.74) is 3.58. The number of nitrogens with one attached hydrogen (secondary N) is 1. The molecule has 0 saturated heterocycles. The third-order valence-corrected chi connectivity index (χ3v) is 3.89. The van der Waals surface area contributed by atoms with E-state index in [4.69, 9.17) is 4.74 Å². The van der Waals surface area contributed by atoms with Crippen LogP contribution in [0.3, 0.4) is 0 Å². The maximum Gasteiger partial charge on any atom is 0.141 e. The van der Waals surface area contributed by atoms with Crippen molar-refractivity contribution in [2.24, 2.45) is 0 Å². The van der Waals surface area contributed by atoms with Gasteiger partial charge in [-0.25, -0.2) is 0 Å². The Bertz CT molecular complexity index is 623. The van der Waals surface area contributed by atoms with Crippen LogP contribution in [-0.2, 0) is 6.54 Å². The minimum absolute atomic E-state index is 0.481. The van der Waals surface area contributed by atoms with Crippen LogP contribution in [0.4, 0.5) is 0 Å². The Morgan fingerprint density at radius 1 is 1.05 bits per heavy atom. The van der Waals surface area contributed by atoms with Gasteiger partial charge in [0.05, 0.1) is 4.47 Å². The number of aryl methyl sites for hydroxylation is 2. The first-order chi connectivity index (χ1) is 9.95. The Labute approximate surface area is 135 Å². The van der Waals surface area contributed by atoms with Gasteiger partial charge in [-0.1, -0.05) is 32.0 Å². The van der Waals surface area contributed by atoms with Gasteiger partial charge in [-0.3, -0.25) is 0 Å². The molecule has 0 unspecified atom stereocenters. The number of ether oxygens (including phenoxy) is 1. The van der Waals surface area contributed by atoms with Crippen LogP contribution in [0.2, 0.25) is 0 Å². The van der Waals surface area contributed by atoms with Crippen molar-refractivity contribution in [2.75, 3.05) is 0 Å². The van der Waals surface area contributed by atoms with Gasteiger partial charge < -0.3 is 10.1 Å². The topological polar surface area (TPSA) is 21.3 Å². The third-order valence-electron chi connectivity index (χ3n) is 3.27. The maximum absolute atomic E-state index is 6.03. The Morgan fingerprint density at radius 3 is 2.48 bits per heavy atom. The molecule has 0 fully saturated rings. The van der Waals surface area contributed by atoms with Gasteiger partial charge in [-0.15, -0.1) is 0 Å². The predicted molar refractivity (Wildman–Crippen MR) is 92.1 cm³/mol. The number of hydrogen-bond donors (Lipinski definition) is 1. The zero-order valence-electron chi connectivity index (χ0n) is 13.0. The van der Waals surface area contributed by atoms with Crippen molar-refractivity contribution in [1.82, 2.24) is 5.32 Å². The quantitative estimate of drug-likeness (QED) is 0.786. The summed E-state index contributed by atoms with van der Waals surface area (Å²) in [6.07, 6.45) is 0. The number of benzene rings is 2. The lowest BCUT2D eigenvalue weighted by Crippen LogP contribution is -2.21. The molecule has 0 bridgehead atoms. The van der Waals surface area contributed by atoms with Crippen molar-refractivity contribution in [2.45, 2.75) is 40.3 Å². The molecule has 0 aliphatic rings. The van der Waals surface area contributed by atoms with Crippen LogP contribution in [-0.4, -0.2) is 6.04 Å². The van der Waals surface area contributed by atoms with Gasteiger partial charge in [0.1, 0.15) is 11.5 Å². The monoisotopic (exact) mass is 347 g/mol. The van der Waals surface area contributed by atoms with Crippen molar-refractivity contribution >= 4 is 15.9 Å². The smallest absolute Gasteiger partial charge is 0.141 e. The first-order valence-electron chi connectivity index (χ1n) is 7.22. The molecule has 1 N–H and O–H groups in total. The van der Waals surface area contributed by atoms with Crippen molar-refractivity contribution in [1.29, 1.82) is 0 Å². The molecule has 3 heteroatoms. The highest BCUT2D eigenvalue weighted by atomic mass is 79.9. The first-order valence-corrected chi connectivity index (χ1v) is 8.02. The molecular formula is C18H22BrNO. The number of hydrogen-bond acceptors (Lipinski definition) is 2. The Hall–Kier alpha value is -1.32. The fourth-order valence-electron chi connectivity index (χ4n) is 1.99. The van der Waals surface area contributed by atoms with Crippen molar-refractivity contribution in [3.05, 3.63) is 57.6 Å². The van der Waals surface area contributed by atoms with Gasteiger partial charge >= 0.3 is 0 Å². The van der Waals surface area contributed by atoms with Gasteiger partial charge in [0.2, 0.25) is 0 Å². The standard InChI is InChI=1S/C18H22BrNO/c1-12(2)20-11-15-7-8-17(16(19)10-15)21-18-9-13(3)5-6-14(18)4/h5-10,12,20H,11H2,1-4H3. The largest absolute Gasteiger partial charge is 0.456 e. The lowest BCUT2D eigenvalue weighted by Gasteiger charge is -2.13. The van der Waals surface area contributed by atoms with E-state index in [-0.39, 0.29) is 0 Å². The molecule has 0 heterocycles. The molecule has 0 spiro atoms. The highest BCUT2D eigenvalue weighted by Gasteiger charge is 2.07. The maximum atomic E-state index is 6.03. The van der Waals surface area contributed by atoms with E-state index < -0.39 is 0 Å². The molecule has 0 aliphatic carbocycles. The summed E-state index contributed by atoms with van der Waals surface area (Å²) in [6.45, 7) is 9.28. The van der Waals surface area contributed by atoms with E-state index in [1.165, 1.54) is 11.1 Å². The van der Waals surface area contributed by atoms with E-state index in [1.807, 2.05) is 6.07 Å².